The second-order valence-electron chi connectivity index (χ2n) is 5.31. The van der Waals surface area contributed by atoms with Crippen molar-refractivity contribution in [2.24, 2.45) is 10.2 Å². The lowest BCUT2D eigenvalue weighted by atomic mass is 10.0. The predicted octanol–water partition coefficient (Wildman–Crippen LogP) is 4.89. The van der Waals surface area contributed by atoms with Crippen molar-refractivity contribution < 1.29 is 4.39 Å². The van der Waals surface area contributed by atoms with Gasteiger partial charge in [-0.05, 0) is 17.7 Å². The van der Waals surface area contributed by atoms with Gasteiger partial charge in [-0.1, -0.05) is 72.8 Å². The first kappa shape index (κ1) is 15.8. The van der Waals surface area contributed by atoms with Crippen LogP contribution < -0.4 is 0 Å². The molecule has 0 saturated carbocycles. The minimum Gasteiger partial charge on any atom is -0.207 e. The van der Waals surface area contributed by atoms with E-state index in [-0.39, 0.29) is 5.82 Å². The Hall–Kier alpha value is -3.07. The van der Waals surface area contributed by atoms with Crippen LogP contribution in [0, 0.1) is 5.82 Å². The van der Waals surface area contributed by atoms with Crippen molar-refractivity contribution in [3.05, 3.63) is 107 Å². The summed E-state index contributed by atoms with van der Waals surface area (Å²) in [6, 6.07) is 26.3. The van der Waals surface area contributed by atoms with E-state index in [1.54, 1.807) is 18.3 Å². The lowest BCUT2D eigenvalue weighted by molar-refractivity contribution is 0.627. The van der Waals surface area contributed by atoms with Crippen molar-refractivity contribution in [2.45, 2.75) is 6.42 Å². The van der Waals surface area contributed by atoms with E-state index >= 15 is 0 Å². The predicted molar refractivity (Wildman–Crippen MR) is 97.1 cm³/mol. The number of rotatable bonds is 5. The zero-order chi connectivity index (χ0) is 16.6. The molecule has 0 spiro atoms. The van der Waals surface area contributed by atoms with E-state index in [9.17, 15) is 4.39 Å². The number of hydrogen-bond donors (Lipinski definition) is 0. The van der Waals surface area contributed by atoms with Crippen molar-refractivity contribution in [3.8, 4) is 0 Å². The quantitative estimate of drug-likeness (QED) is 0.473. The Morgan fingerprint density at radius 1 is 0.750 bits per heavy atom. The monoisotopic (exact) mass is 316 g/mol. The van der Waals surface area contributed by atoms with Crippen molar-refractivity contribution >= 4 is 11.9 Å². The van der Waals surface area contributed by atoms with Gasteiger partial charge in [0.25, 0.3) is 0 Å². The van der Waals surface area contributed by atoms with Crippen LogP contribution >= 0.6 is 0 Å². The zero-order valence-corrected chi connectivity index (χ0v) is 13.1. The zero-order valence-electron chi connectivity index (χ0n) is 13.1. The van der Waals surface area contributed by atoms with Crippen LogP contribution in [0.2, 0.25) is 0 Å². The van der Waals surface area contributed by atoms with Crippen LogP contribution in [-0.4, -0.2) is 11.9 Å². The Kier molecular flexibility index (Phi) is 5.25. The van der Waals surface area contributed by atoms with Crippen LogP contribution in [-0.2, 0) is 6.42 Å². The lowest BCUT2D eigenvalue weighted by Gasteiger charge is -2.05. The van der Waals surface area contributed by atoms with Gasteiger partial charge in [-0.25, -0.2) is 4.39 Å². The summed E-state index contributed by atoms with van der Waals surface area (Å²) in [5.74, 6) is -0.232. The molecule has 0 amide bonds. The molecular formula is C21H17FN2. The largest absolute Gasteiger partial charge is 0.207 e. The second-order valence-corrected chi connectivity index (χ2v) is 5.31. The van der Waals surface area contributed by atoms with E-state index in [2.05, 4.69) is 10.2 Å². The fourth-order valence-corrected chi connectivity index (χ4v) is 2.34. The summed E-state index contributed by atoms with van der Waals surface area (Å²) in [6.45, 7) is 0. The molecule has 0 radical (unpaired) electrons. The Balaban J connectivity index is 1.81. The molecule has 3 aromatic rings. The maximum Gasteiger partial charge on any atom is 0.123 e. The molecular weight excluding hydrogens is 299 g/mol. The minimum atomic E-state index is -0.232. The summed E-state index contributed by atoms with van der Waals surface area (Å²) in [7, 11) is 0. The standard InChI is InChI=1S/C21H17FN2/c22-20-13-11-17(12-14-20)15-16-23-24-21(18-7-3-1-4-8-18)19-9-5-2-6-10-19/h1-14,16H,15H2. The van der Waals surface area contributed by atoms with Gasteiger partial charge in [0.15, 0.2) is 0 Å². The van der Waals surface area contributed by atoms with Crippen molar-refractivity contribution in [3.63, 3.8) is 0 Å². The molecule has 0 bridgehead atoms. The average Bonchev–Trinajstić information content (AvgIpc) is 2.65. The maximum absolute atomic E-state index is 12.9. The maximum atomic E-state index is 12.9. The Labute approximate surface area is 141 Å². The van der Waals surface area contributed by atoms with Gasteiger partial charge >= 0.3 is 0 Å². The molecule has 118 valence electrons. The number of hydrogen-bond acceptors (Lipinski definition) is 2. The molecule has 2 nitrogen and oxygen atoms in total. The Bertz CT molecular complexity index is 781. The fraction of sp³-hybridized carbons (Fsp3) is 0.0476. The van der Waals surface area contributed by atoms with E-state index in [0.29, 0.717) is 6.42 Å². The van der Waals surface area contributed by atoms with E-state index in [1.165, 1.54) is 12.1 Å². The van der Waals surface area contributed by atoms with E-state index in [0.717, 1.165) is 22.4 Å². The third-order valence-electron chi connectivity index (χ3n) is 3.57. The summed E-state index contributed by atoms with van der Waals surface area (Å²) >= 11 is 0. The molecule has 3 aromatic carbocycles. The highest BCUT2D eigenvalue weighted by atomic mass is 19.1. The van der Waals surface area contributed by atoms with Gasteiger partial charge in [-0.15, -0.1) is 0 Å². The molecule has 0 aliphatic rings. The Morgan fingerprint density at radius 2 is 1.29 bits per heavy atom. The van der Waals surface area contributed by atoms with Crippen LogP contribution in [0.1, 0.15) is 16.7 Å². The molecule has 0 N–H and O–H groups in total. The van der Waals surface area contributed by atoms with Crippen LogP contribution in [0.25, 0.3) is 0 Å². The number of nitrogens with zero attached hydrogens (tertiary/aromatic N) is 2. The van der Waals surface area contributed by atoms with E-state index in [4.69, 9.17) is 0 Å². The highest BCUT2D eigenvalue weighted by molar-refractivity contribution is 6.12. The third-order valence-corrected chi connectivity index (χ3v) is 3.57. The Morgan fingerprint density at radius 3 is 1.83 bits per heavy atom. The molecule has 24 heavy (non-hydrogen) atoms. The molecule has 3 heteroatoms. The molecule has 0 heterocycles. The van der Waals surface area contributed by atoms with Crippen molar-refractivity contribution in [2.75, 3.05) is 0 Å². The van der Waals surface area contributed by atoms with Crippen LogP contribution in [0.3, 0.4) is 0 Å². The molecule has 0 aliphatic carbocycles. The van der Waals surface area contributed by atoms with Crippen molar-refractivity contribution in [1.82, 2.24) is 0 Å². The van der Waals surface area contributed by atoms with E-state index < -0.39 is 0 Å². The summed E-state index contributed by atoms with van der Waals surface area (Å²) in [5, 5.41) is 8.62. The average molecular weight is 316 g/mol. The highest BCUT2D eigenvalue weighted by Gasteiger charge is 2.05. The summed E-state index contributed by atoms with van der Waals surface area (Å²) in [4.78, 5) is 0. The van der Waals surface area contributed by atoms with Gasteiger partial charge in [-0.3, -0.25) is 0 Å². The SMILES string of the molecule is Fc1ccc(CC=NN=C(c2ccccc2)c2ccccc2)cc1. The van der Waals surface area contributed by atoms with E-state index in [1.807, 2.05) is 60.7 Å². The fourth-order valence-electron chi connectivity index (χ4n) is 2.34. The first-order valence-electron chi connectivity index (χ1n) is 7.78. The molecule has 0 atom stereocenters. The smallest absolute Gasteiger partial charge is 0.123 e. The molecule has 0 saturated heterocycles. The van der Waals surface area contributed by atoms with Gasteiger partial charge in [-0.2, -0.15) is 10.2 Å². The van der Waals surface area contributed by atoms with Gasteiger partial charge < -0.3 is 0 Å². The first-order chi connectivity index (χ1) is 11.8. The molecule has 0 fully saturated rings. The van der Waals surface area contributed by atoms with Crippen LogP contribution in [0.4, 0.5) is 4.39 Å². The molecule has 3 rings (SSSR count). The topological polar surface area (TPSA) is 24.7 Å². The number of benzene rings is 3. The van der Waals surface area contributed by atoms with Crippen LogP contribution in [0.5, 0.6) is 0 Å². The first-order valence-corrected chi connectivity index (χ1v) is 7.78. The third kappa shape index (κ3) is 4.23. The number of halogens is 1. The summed E-state index contributed by atoms with van der Waals surface area (Å²) in [6.07, 6.45) is 2.35. The van der Waals surface area contributed by atoms with Gasteiger partial charge in [0.05, 0.1) is 0 Å². The summed E-state index contributed by atoms with van der Waals surface area (Å²) < 4.78 is 12.9. The van der Waals surface area contributed by atoms with Gasteiger partial charge in [0, 0.05) is 23.8 Å². The highest BCUT2D eigenvalue weighted by Crippen LogP contribution is 2.11. The van der Waals surface area contributed by atoms with Gasteiger partial charge in [0.2, 0.25) is 0 Å². The summed E-state index contributed by atoms with van der Waals surface area (Å²) in [5.41, 5.74) is 3.85. The normalized spacial score (nSPS) is 10.7. The minimum absolute atomic E-state index is 0.232. The van der Waals surface area contributed by atoms with Crippen molar-refractivity contribution in [1.29, 1.82) is 0 Å². The molecule has 0 aromatic heterocycles. The van der Waals surface area contributed by atoms with Crippen LogP contribution in [0.15, 0.2) is 95.1 Å². The van der Waals surface area contributed by atoms with Gasteiger partial charge in [0.1, 0.15) is 11.5 Å². The molecule has 0 aliphatic heterocycles. The molecule has 0 unspecified atom stereocenters. The second kappa shape index (κ2) is 7.97. The lowest BCUT2D eigenvalue weighted by Crippen LogP contribution is -2.02.